The van der Waals surface area contributed by atoms with Crippen molar-refractivity contribution in [1.82, 2.24) is 20.7 Å². The van der Waals surface area contributed by atoms with Gasteiger partial charge < -0.3 is 10.3 Å². The second-order valence-corrected chi connectivity index (χ2v) is 6.40. The summed E-state index contributed by atoms with van der Waals surface area (Å²) in [6.45, 7) is 0. The van der Waals surface area contributed by atoms with E-state index in [4.69, 9.17) is 11.6 Å². The third-order valence-electron chi connectivity index (χ3n) is 4.18. The zero-order valence-corrected chi connectivity index (χ0v) is 14.4. The van der Waals surface area contributed by atoms with Crippen molar-refractivity contribution in [3.8, 4) is 0 Å². The third-order valence-corrected chi connectivity index (χ3v) is 4.42. The highest BCUT2D eigenvalue weighted by Crippen LogP contribution is 2.22. The summed E-state index contributed by atoms with van der Waals surface area (Å²) in [6, 6.07) is 10.0. The van der Waals surface area contributed by atoms with E-state index in [-0.39, 0.29) is 5.69 Å². The third kappa shape index (κ3) is 3.11. The number of benzene rings is 2. The number of rotatable bonds is 3. The molecule has 2 heterocycles. The Morgan fingerprint density at radius 2 is 1.85 bits per heavy atom. The zero-order chi connectivity index (χ0) is 19.1. The lowest BCUT2D eigenvalue weighted by molar-refractivity contribution is -0.129. The number of carbonyl (C=O) groups is 3. The molecule has 1 atom stereocenters. The standard InChI is InChI=1S/C18H12ClFN4O3/c19-11-3-6-13-10(7-11)8-14(21-13)16(25)23-24-17(26)15(22-18(24)27)9-1-4-12(20)5-2-9/h1-8,15,21H,(H,22,27)(H,23,25). The number of urea groups is 1. The van der Waals surface area contributed by atoms with Gasteiger partial charge in [0.15, 0.2) is 0 Å². The number of nitrogens with one attached hydrogen (secondary N) is 3. The van der Waals surface area contributed by atoms with Gasteiger partial charge in [-0.25, -0.2) is 9.18 Å². The number of aromatic amines is 1. The SMILES string of the molecule is O=C(NN1C(=O)NC(c2ccc(F)cc2)C1=O)c1cc2cc(Cl)ccc2[nH]1. The molecule has 1 aromatic heterocycles. The Morgan fingerprint density at radius 1 is 1.11 bits per heavy atom. The van der Waals surface area contributed by atoms with E-state index in [9.17, 15) is 18.8 Å². The van der Waals surface area contributed by atoms with E-state index >= 15 is 0 Å². The molecule has 1 aliphatic heterocycles. The van der Waals surface area contributed by atoms with Crippen molar-refractivity contribution in [2.75, 3.05) is 0 Å². The molecule has 7 nitrogen and oxygen atoms in total. The number of hydrazine groups is 1. The Kier molecular flexibility index (Phi) is 4.04. The van der Waals surface area contributed by atoms with Crippen LogP contribution in [0.3, 0.4) is 0 Å². The first kappa shape index (κ1) is 17.0. The minimum absolute atomic E-state index is 0.165. The van der Waals surface area contributed by atoms with Gasteiger partial charge in [-0.05, 0) is 42.0 Å². The maximum atomic E-state index is 13.0. The minimum Gasteiger partial charge on any atom is -0.350 e. The van der Waals surface area contributed by atoms with Gasteiger partial charge in [-0.1, -0.05) is 23.7 Å². The Hall–Kier alpha value is -3.39. The van der Waals surface area contributed by atoms with E-state index in [2.05, 4.69) is 15.7 Å². The predicted octanol–water partition coefficient (Wildman–Crippen LogP) is 2.90. The second-order valence-electron chi connectivity index (χ2n) is 5.96. The van der Waals surface area contributed by atoms with Crippen molar-refractivity contribution in [3.63, 3.8) is 0 Å². The van der Waals surface area contributed by atoms with Crippen LogP contribution in [0, 0.1) is 5.82 Å². The van der Waals surface area contributed by atoms with Crippen molar-refractivity contribution in [1.29, 1.82) is 0 Å². The molecule has 2 aromatic carbocycles. The number of halogens is 2. The first-order valence-corrected chi connectivity index (χ1v) is 8.29. The van der Waals surface area contributed by atoms with Gasteiger partial charge in [0.05, 0.1) is 0 Å². The van der Waals surface area contributed by atoms with Crippen molar-refractivity contribution < 1.29 is 18.8 Å². The summed E-state index contributed by atoms with van der Waals surface area (Å²) in [7, 11) is 0. The number of imide groups is 1. The van der Waals surface area contributed by atoms with Gasteiger partial charge in [-0.2, -0.15) is 5.01 Å². The van der Waals surface area contributed by atoms with Crippen LogP contribution in [0.25, 0.3) is 10.9 Å². The monoisotopic (exact) mass is 386 g/mol. The lowest BCUT2D eigenvalue weighted by Crippen LogP contribution is -2.46. The van der Waals surface area contributed by atoms with Gasteiger partial charge in [0, 0.05) is 15.9 Å². The van der Waals surface area contributed by atoms with Crippen LogP contribution in [-0.4, -0.2) is 27.8 Å². The van der Waals surface area contributed by atoms with Crippen LogP contribution in [0.15, 0.2) is 48.5 Å². The summed E-state index contributed by atoms with van der Waals surface area (Å²) in [5, 5.41) is 4.29. The molecule has 9 heteroatoms. The van der Waals surface area contributed by atoms with Gasteiger partial charge in [0.1, 0.15) is 17.6 Å². The summed E-state index contributed by atoms with van der Waals surface area (Å²) in [6.07, 6.45) is 0. The number of carbonyl (C=O) groups excluding carboxylic acids is 3. The number of H-pyrrole nitrogens is 1. The summed E-state index contributed by atoms with van der Waals surface area (Å²) < 4.78 is 13.0. The molecule has 27 heavy (non-hydrogen) atoms. The fraction of sp³-hybridized carbons (Fsp3) is 0.0556. The maximum Gasteiger partial charge on any atom is 0.344 e. The number of fused-ring (bicyclic) bond motifs is 1. The van der Waals surface area contributed by atoms with Crippen LogP contribution < -0.4 is 10.7 Å². The average molecular weight is 387 g/mol. The Morgan fingerprint density at radius 3 is 2.59 bits per heavy atom. The van der Waals surface area contributed by atoms with Crippen LogP contribution in [0.4, 0.5) is 9.18 Å². The molecule has 1 aliphatic rings. The molecule has 3 N–H and O–H groups in total. The summed E-state index contributed by atoms with van der Waals surface area (Å²) >= 11 is 5.92. The molecule has 136 valence electrons. The second kappa shape index (κ2) is 6.40. The van der Waals surface area contributed by atoms with Crippen LogP contribution in [0.5, 0.6) is 0 Å². The smallest absolute Gasteiger partial charge is 0.344 e. The maximum absolute atomic E-state index is 13.0. The van der Waals surface area contributed by atoms with E-state index in [0.717, 1.165) is 0 Å². The summed E-state index contributed by atoms with van der Waals surface area (Å²) in [4.78, 5) is 39.9. The lowest BCUT2D eigenvalue weighted by Gasteiger charge is -2.13. The quantitative estimate of drug-likeness (QED) is 0.604. The van der Waals surface area contributed by atoms with Crippen LogP contribution in [0.2, 0.25) is 5.02 Å². The fourth-order valence-corrected chi connectivity index (χ4v) is 3.03. The van der Waals surface area contributed by atoms with E-state index in [1.165, 1.54) is 24.3 Å². The van der Waals surface area contributed by atoms with Crippen molar-refractivity contribution in [3.05, 3.63) is 70.6 Å². The van der Waals surface area contributed by atoms with E-state index in [1.54, 1.807) is 24.3 Å². The number of amides is 4. The molecular weight excluding hydrogens is 375 g/mol. The molecule has 0 spiro atoms. The number of nitrogens with zero attached hydrogens (tertiary/aromatic N) is 1. The molecule has 0 radical (unpaired) electrons. The molecule has 0 aliphatic carbocycles. The van der Waals surface area contributed by atoms with Crippen molar-refractivity contribution in [2.45, 2.75) is 6.04 Å². The highest BCUT2D eigenvalue weighted by Gasteiger charge is 2.40. The largest absolute Gasteiger partial charge is 0.350 e. The number of hydrogen-bond acceptors (Lipinski definition) is 3. The van der Waals surface area contributed by atoms with Gasteiger partial charge in [0.25, 0.3) is 11.8 Å². The molecule has 0 bridgehead atoms. The number of hydrogen-bond donors (Lipinski definition) is 3. The topological polar surface area (TPSA) is 94.3 Å². The summed E-state index contributed by atoms with van der Waals surface area (Å²) in [5.74, 6) is -1.79. The van der Waals surface area contributed by atoms with Gasteiger partial charge in [-0.15, -0.1) is 0 Å². The van der Waals surface area contributed by atoms with E-state index in [1.807, 2.05) is 0 Å². The lowest BCUT2D eigenvalue weighted by atomic mass is 10.1. The van der Waals surface area contributed by atoms with Crippen molar-refractivity contribution in [2.24, 2.45) is 0 Å². The van der Waals surface area contributed by atoms with E-state index < -0.39 is 29.7 Å². The molecule has 1 fully saturated rings. The Balaban J connectivity index is 1.54. The van der Waals surface area contributed by atoms with E-state index in [0.29, 0.717) is 26.5 Å². The fourth-order valence-electron chi connectivity index (χ4n) is 2.85. The molecule has 3 aromatic rings. The molecule has 1 saturated heterocycles. The first-order valence-electron chi connectivity index (χ1n) is 7.91. The zero-order valence-electron chi connectivity index (χ0n) is 13.6. The average Bonchev–Trinajstić information content (AvgIpc) is 3.18. The highest BCUT2D eigenvalue weighted by molar-refractivity contribution is 6.31. The molecule has 4 rings (SSSR count). The molecular formula is C18H12ClFN4O3. The Bertz CT molecular complexity index is 1080. The molecule has 1 unspecified atom stereocenters. The van der Waals surface area contributed by atoms with Gasteiger partial charge in [0.2, 0.25) is 0 Å². The number of aromatic nitrogens is 1. The predicted molar refractivity (Wildman–Crippen MR) is 95.3 cm³/mol. The van der Waals surface area contributed by atoms with Crippen LogP contribution in [-0.2, 0) is 4.79 Å². The molecule has 4 amide bonds. The normalized spacial score (nSPS) is 16.7. The van der Waals surface area contributed by atoms with Gasteiger partial charge in [-0.3, -0.25) is 15.0 Å². The van der Waals surface area contributed by atoms with Crippen LogP contribution >= 0.6 is 11.6 Å². The van der Waals surface area contributed by atoms with Crippen molar-refractivity contribution >= 4 is 40.3 Å². The van der Waals surface area contributed by atoms with Crippen LogP contribution in [0.1, 0.15) is 22.1 Å². The highest BCUT2D eigenvalue weighted by atomic mass is 35.5. The van der Waals surface area contributed by atoms with Gasteiger partial charge >= 0.3 is 6.03 Å². The Labute approximate surface area is 157 Å². The molecule has 0 saturated carbocycles. The summed E-state index contributed by atoms with van der Waals surface area (Å²) in [5.41, 5.74) is 3.54. The first-order chi connectivity index (χ1) is 12.9. The minimum atomic E-state index is -1.00.